The van der Waals surface area contributed by atoms with Crippen molar-refractivity contribution in [2.45, 2.75) is 166 Å². The van der Waals surface area contributed by atoms with Crippen molar-refractivity contribution in [2.24, 2.45) is 11.8 Å². The fraction of sp³-hybridized carbons (Fsp3) is 0.795. The highest BCUT2D eigenvalue weighted by molar-refractivity contribution is 5.72. The quantitative estimate of drug-likeness (QED) is 0.165. The highest BCUT2D eigenvalue weighted by Gasteiger charge is 2.52. The summed E-state index contributed by atoms with van der Waals surface area (Å²) in [4.78, 5) is 51.3. The second-order valence-electron chi connectivity index (χ2n) is 15.5. The van der Waals surface area contributed by atoms with E-state index in [1.54, 1.807) is 64.1 Å². The van der Waals surface area contributed by atoms with Crippen molar-refractivity contribution in [1.29, 1.82) is 0 Å². The minimum atomic E-state index is -1.49. The van der Waals surface area contributed by atoms with Gasteiger partial charge in [-0.2, -0.15) is 0 Å². The summed E-state index contributed by atoms with van der Waals surface area (Å²) in [5, 5.41) is 34.3. The van der Waals surface area contributed by atoms with Crippen molar-refractivity contribution >= 4 is 24.2 Å². The van der Waals surface area contributed by atoms with Crippen molar-refractivity contribution in [2.75, 3.05) is 21.2 Å². The number of aldehydes is 1. The van der Waals surface area contributed by atoms with E-state index in [1.807, 2.05) is 6.92 Å². The lowest BCUT2D eigenvalue weighted by Gasteiger charge is -2.50. The monoisotopic (exact) mass is 785 g/mol. The zero-order valence-electron chi connectivity index (χ0n) is 33.8. The van der Waals surface area contributed by atoms with Crippen LogP contribution in [0.25, 0.3) is 0 Å². The van der Waals surface area contributed by atoms with E-state index in [0.717, 1.165) is 0 Å². The van der Waals surface area contributed by atoms with E-state index in [2.05, 4.69) is 0 Å². The molecule has 3 aliphatic heterocycles. The van der Waals surface area contributed by atoms with Crippen LogP contribution in [0.1, 0.15) is 80.6 Å². The van der Waals surface area contributed by atoms with Gasteiger partial charge in [0.15, 0.2) is 18.7 Å². The molecule has 3 heterocycles. The van der Waals surface area contributed by atoms with Crippen LogP contribution in [0.4, 0.5) is 0 Å². The lowest BCUT2D eigenvalue weighted by atomic mass is 9.82. The van der Waals surface area contributed by atoms with Gasteiger partial charge >= 0.3 is 17.9 Å². The Kier molecular flexibility index (Phi) is 17.9. The molecule has 1 unspecified atom stereocenters. The van der Waals surface area contributed by atoms with E-state index < -0.39 is 121 Å². The van der Waals surface area contributed by atoms with E-state index in [0.29, 0.717) is 12.7 Å². The topological polar surface area (TPSA) is 206 Å². The summed E-state index contributed by atoms with van der Waals surface area (Å²) >= 11 is 0. The van der Waals surface area contributed by atoms with Crippen molar-refractivity contribution in [3.8, 4) is 0 Å². The summed E-state index contributed by atoms with van der Waals surface area (Å²) in [6.07, 6.45) is -4.26. The summed E-state index contributed by atoms with van der Waals surface area (Å²) in [6.45, 7) is 10.9. The fourth-order valence-corrected chi connectivity index (χ4v) is 7.73. The molecule has 0 bridgehead atoms. The van der Waals surface area contributed by atoms with Crippen LogP contribution in [0.2, 0.25) is 0 Å². The van der Waals surface area contributed by atoms with Crippen LogP contribution in [0.3, 0.4) is 0 Å². The molecule has 16 nitrogen and oxygen atoms in total. The number of carbonyl (C=O) groups is 4. The number of methoxy groups -OCH3 is 1. The number of carbonyl (C=O) groups excluding carboxylic acids is 4. The number of hydrogen-bond acceptors (Lipinski definition) is 16. The van der Waals surface area contributed by atoms with Gasteiger partial charge in [-0.1, -0.05) is 31.2 Å². The molecule has 3 N–H and O–H groups in total. The number of ether oxygens (including phenoxy) is 8. The smallest absolute Gasteiger partial charge is 0.309 e. The second kappa shape index (κ2) is 21.1. The minimum Gasteiger partial charge on any atom is -0.462 e. The summed E-state index contributed by atoms with van der Waals surface area (Å²) in [6, 6.07) is -0.778. The summed E-state index contributed by atoms with van der Waals surface area (Å²) < 4.78 is 48.0. The molecule has 0 aliphatic carbocycles. The molecule has 0 radical (unpaired) electrons. The Labute approximate surface area is 324 Å². The van der Waals surface area contributed by atoms with E-state index in [9.17, 15) is 34.5 Å². The Morgan fingerprint density at radius 2 is 1.65 bits per heavy atom. The third-order valence-electron chi connectivity index (χ3n) is 10.4. The first-order valence-corrected chi connectivity index (χ1v) is 19.0. The molecule has 16 heteroatoms. The van der Waals surface area contributed by atoms with Crippen LogP contribution in [0.5, 0.6) is 0 Å². The molecule has 0 aromatic heterocycles. The summed E-state index contributed by atoms with van der Waals surface area (Å²) in [5.41, 5.74) is -1.49. The van der Waals surface area contributed by atoms with Gasteiger partial charge in [-0.15, -0.1) is 0 Å². The van der Waals surface area contributed by atoms with Crippen LogP contribution in [-0.4, -0.2) is 151 Å². The lowest BCUT2D eigenvalue weighted by Crippen LogP contribution is -2.66. The Morgan fingerprint density at radius 1 is 0.982 bits per heavy atom. The maximum atomic E-state index is 13.2. The van der Waals surface area contributed by atoms with Gasteiger partial charge in [0.2, 0.25) is 0 Å². The Balaban J connectivity index is 2.01. The molecule has 0 aromatic carbocycles. The van der Waals surface area contributed by atoms with Crippen LogP contribution >= 0.6 is 0 Å². The van der Waals surface area contributed by atoms with Crippen LogP contribution in [0, 0.1) is 11.8 Å². The molecule has 0 saturated carbocycles. The molecule has 2 fully saturated rings. The number of aliphatic hydroxyl groups excluding tert-OH is 2. The summed E-state index contributed by atoms with van der Waals surface area (Å²) in [5.74, 6) is -3.01. The standard InChI is InChI=1S/C39H63NO15/c1-21-18-27(16-17-41)35(36(48-10)29(52-25(5)42)19-30(45)49-22(2)14-12-11-13-15-28(21)44)55-38-33(46)32(40(8)9)34(23(3)51-38)54-31-20-39(7,47)37(24(4)50-31)53-26(6)43/h11-13,15,17,21-24,27-29,31-38,44,46-47H,14,16,18-20H2,1-10H3/b12-11+,15-13+/t21-,22-,23-,24+,27+,28+,29+,31+,32-,33-,34-,35+,36+,37+,38?,39-/m1/s1. The van der Waals surface area contributed by atoms with E-state index in [1.165, 1.54) is 27.9 Å². The number of nitrogens with zero attached hydrogens (tertiary/aromatic N) is 1. The van der Waals surface area contributed by atoms with E-state index >= 15 is 0 Å². The zero-order chi connectivity index (χ0) is 41.2. The largest absolute Gasteiger partial charge is 0.462 e. The zero-order valence-corrected chi connectivity index (χ0v) is 33.8. The molecular weight excluding hydrogens is 722 g/mol. The van der Waals surface area contributed by atoms with Gasteiger partial charge in [0, 0.05) is 40.2 Å². The number of aliphatic hydroxyl groups is 3. The number of likely N-dealkylation sites (N-methyl/N-ethyl adjacent to an activating group) is 1. The predicted octanol–water partition coefficient (Wildman–Crippen LogP) is 1.99. The van der Waals surface area contributed by atoms with Gasteiger partial charge in [-0.3, -0.25) is 14.4 Å². The maximum absolute atomic E-state index is 13.2. The second-order valence-corrected chi connectivity index (χ2v) is 15.5. The Morgan fingerprint density at radius 3 is 2.24 bits per heavy atom. The summed E-state index contributed by atoms with van der Waals surface area (Å²) in [7, 11) is 4.84. The Bertz CT molecular complexity index is 1320. The van der Waals surface area contributed by atoms with Gasteiger partial charge in [0.1, 0.15) is 42.4 Å². The first-order valence-electron chi connectivity index (χ1n) is 19.0. The van der Waals surface area contributed by atoms with Crippen molar-refractivity contribution in [3.63, 3.8) is 0 Å². The average Bonchev–Trinajstić information content (AvgIpc) is 3.06. The number of esters is 3. The first-order chi connectivity index (χ1) is 25.8. The normalized spacial score (nSPS) is 42.1. The molecular formula is C39H63NO15. The molecule has 55 heavy (non-hydrogen) atoms. The first kappa shape index (κ1) is 46.6. The highest BCUT2D eigenvalue weighted by Crippen LogP contribution is 2.37. The van der Waals surface area contributed by atoms with Crippen LogP contribution in [-0.2, 0) is 57.1 Å². The third-order valence-corrected chi connectivity index (χ3v) is 10.4. The van der Waals surface area contributed by atoms with Crippen molar-refractivity contribution < 1.29 is 72.4 Å². The van der Waals surface area contributed by atoms with Gasteiger partial charge in [-0.05, 0) is 60.0 Å². The SMILES string of the molecule is CO[C@@H]1[C@@H](OC2O[C@H](C)[C@@H](O[C@H]3C[C@@](C)(O)[C@@H](OC(C)=O)[C@H](C)O3)[C@H](N(C)C)[C@H]2O)[C@@H](CC=O)C[C@@H](C)[C@@H](O)/C=C/C=C/C[C@@H](C)OC(=O)C[C@@H]1OC(C)=O. The molecule has 3 rings (SSSR count). The highest BCUT2D eigenvalue weighted by atomic mass is 16.7. The molecule has 3 aliphatic rings. The average molecular weight is 786 g/mol. The van der Waals surface area contributed by atoms with Gasteiger partial charge in [0.05, 0.1) is 36.9 Å². The van der Waals surface area contributed by atoms with Crippen molar-refractivity contribution in [3.05, 3.63) is 24.3 Å². The van der Waals surface area contributed by atoms with Crippen LogP contribution in [0.15, 0.2) is 24.3 Å². The molecule has 2 saturated heterocycles. The van der Waals surface area contributed by atoms with Gasteiger partial charge in [0.25, 0.3) is 0 Å². The maximum Gasteiger partial charge on any atom is 0.309 e. The number of allylic oxidation sites excluding steroid dienone is 2. The number of rotatable bonds is 10. The molecule has 0 amide bonds. The van der Waals surface area contributed by atoms with Crippen molar-refractivity contribution in [1.82, 2.24) is 4.90 Å². The van der Waals surface area contributed by atoms with Gasteiger partial charge < -0.3 is 62.9 Å². The number of hydrogen-bond donors (Lipinski definition) is 3. The van der Waals surface area contributed by atoms with Crippen LogP contribution < -0.4 is 0 Å². The molecule has 16 atom stereocenters. The van der Waals surface area contributed by atoms with Gasteiger partial charge in [-0.25, -0.2) is 0 Å². The molecule has 0 spiro atoms. The van der Waals surface area contributed by atoms with E-state index in [-0.39, 0.29) is 19.3 Å². The lowest BCUT2D eigenvalue weighted by molar-refractivity contribution is -0.344. The molecule has 314 valence electrons. The Hall–Kier alpha value is -2.80. The molecule has 0 aromatic rings. The van der Waals surface area contributed by atoms with E-state index in [4.69, 9.17) is 37.9 Å². The fourth-order valence-electron chi connectivity index (χ4n) is 7.73. The minimum absolute atomic E-state index is 0.0477. The number of cyclic esters (lactones) is 1. The third kappa shape index (κ3) is 13.1. The predicted molar refractivity (Wildman–Crippen MR) is 196 cm³/mol.